The fourth-order valence-electron chi connectivity index (χ4n) is 3.40. The van der Waals surface area contributed by atoms with E-state index in [1.807, 2.05) is 12.1 Å². The van der Waals surface area contributed by atoms with Crippen LogP contribution >= 0.6 is 23.8 Å². The van der Waals surface area contributed by atoms with Gasteiger partial charge in [0.1, 0.15) is 6.04 Å². The lowest BCUT2D eigenvalue weighted by molar-refractivity contribution is -0.137. The van der Waals surface area contributed by atoms with Crippen LogP contribution in [0.25, 0.3) is 0 Å². The molecule has 0 unspecified atom stereocenters. The minimum absolute atomic E-state index is 0.0565. The number of hydrogen-bond acceptors (Lipinski definition) is 2. The van der Waals surface area contributed by atoms with E-state index in [0.717, 1.165) is 24.1 Å². The topological polar surface area (TPSA) is 35.6 Å². The number of anilines is 1. The van der Waals surface area contributed by atoms with Crippen molar-refractivity contribution in [2.75, 3.05) is 18.9 Å². The maximum absolute atomic E-state index is 13.0. The average molecular weight is 456 g/mol. The predicted octanol–water partition coefficient (Wildman–Crippen LogP) is 5.18. The van der Waals surface area contributed by atoms with Gasteiger partial charge < -0.3 is 15.1 Å². The third-order valence-electron chi connectivity index (χ3n) is 4.97. The summed E-state index contributed by atoms with van der Waals surface area (Å²) in [6, 6.07) is 11.5. The van der Waals surface area contributed by atoms with Gasteiger partial charge in [0.05, 0.1) is 5.56 Å². The van der Waals surface area contributed by atoms with Crippen molar-refractivity contribution in [3.8, 4) is 0 Å². The maximum atomic E-state index is 13.0. The molecule has 1 saturated heterocycles. The zero-order valence-electron chi connectivity index (χ0n) is 16.2. The zero-order valence-corrected chi connectivity index (χ0v) is 17.8. The summed E-state index contributed by atoms with van der Waals surface area (Å²) in [7, 11) is 1.74. The molecule has 0 aliphatic carbocycles. The Morgan fingerprint density at radius 2 is 1.83 bits per heavy atom. The van der Waals surface area contributed by atoms with Gasteiger partial charge in [-0.05, 0) is 67.0 Å². The van der Waals surface area contributed by atoms with Gasteiger partial charge in [0.15, 0.2) is 5.11 Å². The molecule has 1 N–H and O–H groups in total. The van der Waals surface area contributed by atoms with Crippen molar-refractivity contribution >= 4 is 40.5 Å². The molecule has 0 spiro atoms. The van der Waals surface area contributed by atoms with Crippen molar-refractivity contribution in [1.82, 2.24) is 9.80 Å². The van der Waals surface area contributed by atoms with Crippen LogP contribution in [0.2, 0.25) is 5.02 Å². The van der Waals surface area contributed by atoms with E-state index in [1.165, 1.54) is 12.1 Å². The van der Waals surface area contributed by atoms with Crippen molar-refractivity contribution in [2.24, 2.45) is 0 Å². The molecule has 1 heterocycles. The van der Waals surface area contributed by atoms with Crippen LogP contribution in [-0.4, -0.2) is 40.5 Å². The van der Waals surface area contributed by atoms with Crippen LogP contribution < -0.4 is 5.32 Å². The molecule has 2 aromatic carbocycles. The summed E-state index contributed by atoms with van der Waals surface area (Å²) in [6.07, 6.45) is -2.92. The van der Waals surface area contributed by atoms with Gasteiger partial charge in [-0.15, -0.1) is 0 Å². The fourth-order valence-corrected chi connectivity index (χ4v) is 3.86. The standard InChI is InChI=1S/C21H21ClF3N3OS/c1-27(13-14-4-8-16(22)9-5-14)19(29)18-3-2-12-28(18)20(30)26-17-10-6-15(7-11-17)21(23,24)25/h4-11,18H,2-3,12-13H2,1H3,(H,26,30)/t18-/m1/s1. The molecule has 30 heavy (non-hydrogen) atoms. The highest BCUT2D eigenvalue weighted by atomic mass is 35.5. The molecule has 1 aliphatic heterocycles. The Balaban J connectivity index is 1.63. The minimum Gasteiger partial charge on any atom is -0.340 e. The molecule has 9 heteroatoms. The quantitative estimate of drug-likeness (QED) is 0.644. The smallest absolute Gasteiger partial charge is 0.340 e. The second-order valence-electron chi connectivity index (χ2n) is 7.18. The van der Waals surface area contributed by atoms with Crippen LogP contribution in [0.1, 0.15) is 24.0 Å². The Bertz CT molecular complexity index is 903. The molecule has 1 fully saturated rings. The van der Waals surface area contributed by atoms with Gasteiger partial charge in [0.2, 0.25) is 5.91 Å². The number of amides is 1. The lowest BCUT2D eigenvalue weighted by Crippen LogP contribution is -2.47. The summed E-state index contributed by atoms with van der Waals surface area (Å²) in [5, 5.41) is 3.91. The van der Waals surface area contributed by atoms with Crippen LogP contribution in [0.5, 0.6) is 0 Å². The Kier molecular flexibility index (Phi) is 6.88. The van der Waals surface area contributed by atoms with E-state index in [1.54, 1.807) is 29.0 Å². The van der Waals surface area contributed by atoms with E-state index < -0.39 is 17.8 Å². The highest BCUT2D eigenvalue weighted by molar-refractivity contribution is 7.80. The first kappa shape index (κ1) is 22.4. The summed E-state index contributed by atoms with van der Waals surface area (Å²) in [5.74, 6) is -0.0565. The summed E-state index contributed by atoms with van der Waals surface area (Å²) >= 11 is 11.3. The first-order valence-electron chi connectivity index (χ1n) is 9.39. The molecule has 0 saturated carbocycles. The van der Waals surface area contributed by atoms with E-state index in [2.05, 4.69) is 5.32 Å². The van der Waals surface area contributed by atoms with E-state index in [4.69, 9.17) is 23.8 Å². The molecule has 1 amide bonds. The molecule has 2 aromatic rings. The van der Waals surface area contributed by atoms with Gasteiger partial charge in [-0.25, -0.2) is 0 Å². The van der Waals surface area contributed by atoms with Crippen LogP contribution in [0.4, 0.5) is 18.9 Å². The van der Waals surface area contributed by atoms with Crippen LogP contribution in [-0.2, 0) is 17.5 Å². The Morgan fingerprint density at radius 1 is 1.20 bits per heavy atom. The first-order valence-corrected chi connectivity index (χ1v) is 10.2. The number of likely N-dealkylation sites (tertiary alicyclic amines) is 1. The van der Waals surface area contributed by atoms with E-state index in [-0.39, 0.29) is 5.91 Å². The normalized spacial score (nSPS) is 16.4. The van der Waals surface area contributed by atoms with Crippen molar-refractivity contribution in [1.29, 1.82) is 0 Å². The van der Waals surface area contributed by atoms with Crippen molar-refractivity contribution in [3.05, 3.63) is 64.7 Å². The molecule has 0 bridgehead atoms. The summed E-state index contributed by atoms with van der Waals surface area (Å²) in [6.45, 7) is 1.05. The number of carbonyl (C=O) groups is 1. The maximum Gasteiger partial charge on any atom is 0.416 e. The molecule has 0 aromatic heterocycles. The number of rotatable bonds is 4. The number of benzene rings is 2. The van der Waals surface area contributed by atoms with Crippen molar-refractivity contribution < 1.29 is 18.0 Å². The Labute approximate surface area is 183 Å². The largest absolute Gasteiger partial charge is 0.416 e. The lowest BCUT2D eigenvalue weighted by Gasteiger charge is -2.30. The van der Waals surface area contributed by atoms with Gasteiger partial charge in [-0.2, -0.15) is 13.2 Å². The van der Waals surface area contributed by atoms with Gasteiger partial charge >= 0.3 is 6.18 Å². The fraction of sp³-hybridized carbons (Fsp3) is 0.333. The molecule has 1 atom stereocenters. The van der Waals surface area contributed by atoms with Gasteiger partial charge in [0.25, 0.3) is 0 Å². The van der Waals surface area contributed by atoms with Crippen LogP contribution in [0, 0.1) is 0 Å². The van der Waals surface area contributed by atoms with Crippen molar-refractivity contribution in [2.45, 2.75) is 31.6 Å². The predicted molar refractivity (Wildman–Crippen MR) is 115 cm³/mol. The Morgan fingerprint density at radius 3 is 2.43 bits per heavy atom. The second-order valence-corrected chi connectivity index (χ2v) is 8.00. The van der Waals surface area contributed by atoms with E-state index in [0.29, 0.717) is 35.3 Å². The third kappa shape index (κ3) is 5.43. The number of alkyl halides is 3. The second kappa shape index (κ2) is 9.22. The summed E-state index contributed by atoms with van der Waals surface area (Å²) in [4.78, 5) is 16.4. The van der Waals surface area contributed by atoms with Crippen molar-refractivity contribution in [3.63, 3.8) is 0 Å². The molecular weight excluding hydrogens is 435 g/mol. The zero-order chi connectivity index (χ0) is 21.9. The summed E-state index contributed by atoms with van der Waals surface area (Å²) < 4.78 is 38.1. The number of likely N-dealkylation sites (N-methyl/N-ethyl adjacent to an activating group) is 1. The number of hydrogen-bond donors (Lipinski definition) is 1. The monoisotopic (exact) mass is 455 g/mol. The molecule has 160 valence electrons. The number of nitrogens with zero attached hydrogens (tertiary/aromatic N) is 2. The molecule has 0 radical (unpaired) electrons. The number of carbonyl (C=O) groups excluding carboxylic acids is 1. The van der Waals surface area contributed by atoms with Crippen LogP contribution in [0.3, 0.4) is 0 Å². The number of nitrogens with one attached hydrogen (secondary N) is 1. The highest BCUT2D eigenvalue weighted by Gasteiger charge is 2.34. The van der Waals surface area contributed by atoms with Gasteiger partial charge in [-0.3, -0.25) is 4.79 Å². The van der Waals surface area contributed by atoms with Crippen LogP contribution in [0.15, 0.2) is 48.5 Å². The van der Waals surface area contributed by atoms with Gasteiger partial charge in [0, 0.05) is 30.8 Å². The van der Waals surface area contributed by atoms with Gasteiger partial charge in [-0.1, -0.05) is 23.7 Å². The third-order valence-corrected chi connectivity index (χ3v) is 5.56. The van der Waals surface area contributed by atoms with E-state index in [9.17, 15) is 18.0 Å². The minimum atomic E-state index is -4.39. The molecule has 4 nitrogen and oxygen atoms in total. The number of thiocarbonyl (C=S) groups is 1. The number of halogens is 4. The lowest BCUT2D eigenvalue weighted by atomic mass is 10.1. The molecular formula is C21H21ClF3N3OS. The highest BCUT2D eigenvalue weighted by Crippen LogP contribution is 2.30. The molecule has 1 aliphatic rings. The van der Waals surface area contributed by atoms with E-state index >= 15 is 0 Å². The SMILES string of the molecule is CN(Cc1ccc(Cl)cc1)C(=O)[C@H]1CCCN1C(=S)Nc1ccc(C(F)(F)F)cc1. The molecule has 3 rings (SSSR count). The first-order chi connectivity index (χ1) is 14.1. The summed E-state index contributed by atoms with van der Waals surface area (Å²) in [5.41, 5.74) is 0.683. The average Bonchev–Trinajstić information content (AvgIpc) is 3.19. The Hall–Kier alpha value is -2.32.